The van der Waals surface area contributed by atoms with E-state index in [1.807, 2.05) is 0 Å². The number of aromatic nitrogens is 2. The van der Waals surface area contributed by atoms with Gasteiger partial charge in [0, 0.05) is 12.3 Å². The van der Waals surface area contributed by atoms with Gasteiger partial charge in [-0.05, 0) is 0 Å². The van der Waals surface area contributed by atoms with Crippen LogP contribution in [0.5, 0.6) is 0 Å². The zero-order chi connectivity index (χ0) is 10.8. The molecule has 0 aliphatic rings. The summed E-state index contributed by atoms with van der Waals surface area (Å²) >= 11 is 1.54. The van der Waals surface area contributed by atoms with Crippen LogP contribution in [0.1, 0.15) is 37.7 Å². The molecule has 0 bridgehead atoms. The van der Waals surface area contributed by atoms with Crippen LogP contribution in [0.3, 0.4) is 0 Å². The minimum Gasteiger partial charge on any atom is -0.350 e. The molecule has 4 nitrogen and oxygen atoms in total. The zero-order valence-corrected chi connectivity index (χ0v) is 9.73. The Morgan fingerprint density at radius 1 is 1.43 bits per heavy atom. The summed E-state index contributed by atoms with van der Waals surface area (Å²) in [5, 5.41) is 12.6. The standard InChI is InChI=1S/C9H15N3OS/c1-6(13)10-5-7-11-12-8(14-7)9(2,3)4/h5H2,1-4H3,(H,10,13). The number of hydrogen-bond donors (Lipinski definition) is 1. The normalized spacial score (nSPS) is 11.4. The van der Waals surface area contributed by atoms with Crippen LogP contribution in [-0.4, -0.2) is 16.1 Å². The molecular formula is C9H15N3OS. The third-order valence-corrected chi connectivity index (χ3v) is 2.95. The monoisotopic (exact) mass is 213 g/mol. The molecule has 78 valence electrons. The largest absolute Gasteiger partial charge is 0.350 e. The number of amides is 1. The molecule has 0 spiro atoms. The van der Waals surface area contributed by atoms with Gasteiger partial charge >= 0.3 is 0 Å². The van der Waals surface area contributed by atoms with Gasteiger partial charge in [0.15, 0.2) is 0 Å². The molecule has 1 heterocycles. The molecule has 14 heavy (non-hydrogen) atoms. The van der Waals surface area contributed by atoms with E-state index in [2.05, 4.69) is 36.3 Å². The van der Waals surface area contributed by atoms with Crippen molar-refractivity contribution >= 4 is 17.2 Å². The van der Waals surface area contributed by atoms with Crippen LogP contribution in [0.25, 0.3) is 0 Å². The van der Waals surface area contributed by atoms with E-state index in [4.69, 9.17) is 0 Å². The van der Waals surface area contributed by atoms with Crippen molar-refractivity contribution in [2.75, 3.05) is 0 Å². The van der Waals surface area contributed by atoms with Crippen molar-refractivity contribution in [1.82, 2.24) is 15.5 Å². The van der Waals surface area contributed by atoms with Gasteiger partial charge in [-0.15, -0.1) is 10.2 Å². The Bertz CT molecular complexity index is 327. The molecule has 1 aromatic rings. The average Bonchev–Trinajstić information content (AvgIpc) is 2.47. The summed E-state index contributed by atoms with van der Waals surface area (Å²) in [6.45, 7) is 8.25. The fourth-order valence-corrected chi connectivity index (χ4v) is 1.67. The Labute approximate surface area is 87.7 Å². The summed E-state index contributed by atoms with van der Waals surface area (Å²) in [5.41, 5.74) is 0.0339. The van der Waals surface area contributed by atoms with Crippen LogP contribution in [0.4, 0.5) is 0 Å². The summed E-state index contributed by atoms with van der Waals surface area (Å²) in [6.07, 6.45) is 0. The van der Waals surface area contributed by atoms with E-state index in [-0.39, 0.29) is 11.3 Å². The van der Waals surface area contributed by atoms with Crippen molar-refractivity contribution in [1.29, 1.82) is 0 Å². The van der Waals surface area contributed by atoms with Gasteiger partial charge in [-0.3, -0.25) is 4.79 Å². The van der Waals surface area contributed by atoms with Crippen molar-refractivity contribution in [2.24, 2.45) is 0 Å². The lowest BCUT2D eigenvalue weighted by Crippen LogP contribution is -2.18. The second-order valence-electron chi connectivity index (χ2n) is 4.16. The molecule has 0 saturated heterocycles. The third-order valence-electron chi connectivity index (χ3n) is 1.60. The maximum absolute atomic E-state index is 10.7. The number of nitrogens with zero attached hydrogens (tertiary/aromatic N) is 2. The van der Waals surface area contributed by atoms with E-state index in [0.29, 0.717) is 6.54 Å². The van der Waals surface area contributed by atoms with E-state index in [9.17, 15) is 4.79 Å². The molecule has 0 fully saturated rings. The predicted molar refractivity (Wildman–Crippen MR) is 56.1 cm³/mol. The SMILES string of the molecule is CC(=O)NCc1nnc(C(C)(C)C)s1. The van der Waals surface area contributed by atoms with Gasteiger partial charge in [-0.1, -0.05) is 32.1 Å². The third kappa shape index (κ3) is 3.06. The molecule has 0 radical (unpaired) electrons. The van der Waals surface area contributed by atoms with Gasteiger partial charge in [0.1, 0.15) is 10.0 Å². The highest BCUT2D eigenvalue weighted by molar-refractivity contribution is 7.11. The highest BCUT2D eigenvalue weighted by Crippen LogP contribution is 2.24. The molecule has 1 rings (SSSR count). The van der Waals surface area contributed by atoms with Gasteiger partial charge < -0.3 is 5.32 Å². The van der Waals surface area contributed by atoms with Crippen LogP contribution < -0.4 is 5.32 Å². The van der Waals surface area contributed by atoms with Gasteiger partial charge in [-0.2, -0.15) is 0 Å². The maximum atomic E-state index is 10.7. The van der Waals surface area contributed by atoms with E-state index in [0.717, 1.165) is 10.0 Å². The minimum atomic E-state index is -0.0440. The van der Waals surface area contributed by atoms with E-state index < -0.39 is 0 Å². The Balaban J connectivity index is 2.64. The lowest BCUT2D eigenvalue weighted by Gasteiger charge is -2.12. The number of hydrogen-bond acceptors (Lipinski definition) is 4. The fourth-order valence-electron chi connectivity index (χ4n) is 0.828. The Hall–Kier alpha value is -0.970. The lowest BCUT2D eigenvalue weighted by atomic mass is 9.98. The van der Waals surface area contributed by atoms with Crippen LogP contribution in [0, 0.1) is 0 Å². The van der Waals surface area contributed by atoms with Gasteiger partial charge in [0.05, 0.1) is 6.54 Å². The van der Waals surface area contributed by atoms with Crippen LogP contribution in [0.2, 0.25) is 0 Å². The first-order valence-corrected chi connectivity index (χ1v) is 5.28. The molecule has 0 aliphatic carbocycles. The highest BCUT2D eigenvalue weighted by Gasteiger charge is 2.19. The van der Waals surface area contributed by atoms with Gasteiger partial charge in [-0.25, -0.2) is 0 Å². The van der Waals surface area contributed by atoms with E-state index in [1.54, 1.807) is 11.3 Å². The summed E-state index contributed by atoms with van der Waals surface area (Å²) in [7, 11) is 0. The molecule has 5 heteroatoms. The number of carbonyl (C=O) groups is 1. The molecule has 0 unspecified atom stereocenters. The zero-order valence-electron chi connectivity index (χ0n) is 8.92. The first-order chi connectivity index (χ1) is 6.39. The first kappa shape index (κ1) is 11.1. The first-order valence-electron chi connectivity index (χ1n) is 4.47. The predicted octanol–water partition coefficient (Wildman–Crippen LogP) is 1.47. The molecule has 0 atom stereocenters. The molecule has 0 aromatic carbocycles. The van der Waals surface area contributed by atoms with Crippen molar-refractivity contribution in [2.45, 2.75) is 39.7 Å². The number of carbonyl (C=O) groups excluding carboxylic acids is 1. The van der Waals surface area contributed by atoms with E-state index >= 15 is 0 Å². The highest BCUT2D eigenvalue weighted by atomic mass is 32.1. The molecular weight excluding hydrogens is 198 g/mol. The van der Waals surface area contributed by atoms with Crippen molar-refractivity contribution in [3.8, 4) is 0 Å². The topological polar surface area (TPSA) is 54.9 Å². The fraction of sp³-hybridized carbons (Fsp3) is 0.667. The van der Waals surface area contributed by atoms with Gasteiger partial charge in [0.2, 0.25) is 5.91 Å². The second kappa shape index (κ2) is 4.04. The second-order valence-corrected chi connectivity index (χ2v) is 5.22. The number of rotatable bonds is 2. The molecule has 0 saturated carbocycles. The summed E-state index contributed by atoms with van der Waals surface area (Å²) < 4.78 is 0. The summed E-state index contributed by atoms with van der Waals surface area (Å²) in [5.74, 6) is -0.0440. The minimum absolute atomic E-state index is 0.0339. The maximum Gasteiger partial charge on any atom is 0.217 e. The van der Waals surface area contributed by atoms with Crippen LogP contribution in [-0.2, 0) is 16.8 Å². The molecule has 1 aromatic heterocycles. The smallest absolute Gasteiger partial charge is 0.217 e. The Morgan fingerprint density at radius 3 is 2.50 bits per heavy atom. The average molecular weight is 213 g/mol. The van der Waals surface area contributed by atoms with Crippen molar-refractivity contribution in [3.63, 3.8) is 0 Å². The summed E-state index contributed by atoms with van der Waals surface area (Å²) in [6, 6.07) is 0. The molecule has 1 amide bonds. The van der Waals surface area contributed by atoms with Crippen LogP contribution in [0.15, 0.2) is 0 Å². The van der Waals surface area contributed by atoms with Crippen LogP contribution >= 0.6 is 11.3 Å². The Kier molecular flexibility index (Phi) is 3.21. The van der Waals surface area contributed by atoms with Gasteiger partial charge in [0.25, 0.3) is 0 Å². The molecule has 1 N–H and O–H groups in total. The van der Waals surface area contributed by atoms with Crippen molar-refractivity contribution < 1.29 is 4.79 Å². The summed E-state index contributed by atoms with van der Waals surface area (Å²) in [4.78, 5) is 10.7. The Morgan fingerprint density at radius 2 is 2.07 bits per heavy atom. The molecule has 0 aliphatic heterocycles. The van der Waals surface area contributed by atoms with E-state index in [1.165, 1.54) is 6.92 Å². The number of nitrogens with one attached hydrogen (secondary N) is 1. The lowest BCUT2D eigenvalue weighted by molar-refractivity contribution is -0.119. The van der Waals surface area contributed by atoms with Crippen molar-refractivity contribution in [3.05, 3.63) is 10.0 Å². The quantitative estimate of drug-likeness (QED) is 0.809.